The van der Waals surface area contributed by atoms with E-state index in [1.807, 2.05) is 13.0 Å². The average Bonchev–Trinajstić information content (AvgIpc) is 3.49. The van der Waals surface area contributed by atoms with Crippen LogP contribution in [0.1, 0.15) is 44.2 Å². The number of likely N-dealkylation sites (tertiary alicyclic amines) is 1. The van der Waals surface area contributed by atoms with Crippen LogP contribution in [0.3, 0.4) is 0 Å². The Balaban J connectivity index is 0.00000280. The number of piperidine rings is 1. The first-order valence-electron chi connectivity index (χ1n) is 10.1. The van der Waals surface area contributed by atoms with Gasteiger partial charge in [-0.2, -0.15) is 0 Å². The van der Waals surface area contributed by atoms with Crippen molar-refractivity contribution in [1.29, 1.82) is 0 Å². The van der Waals surface area contributed by atoms with Crippen molar-refractivity contribution < 1.29 is 9.13 Å². The highest BCUT2D eigenvalue weighted by atomic mass is 127. The van der Waals surface area contributed by atoms with Crippen LogP contribution in [0.2, 0.25) is 0 Å². The van der Waals surface area contributed by atoms with E-state index in [2.05, 4.69) is 27.6 Å². The Bertz CT molecular complexity index is 645. The predicted octanol–water partition coefficient (Wildman–Crippen LogP) is 3.80. The van der Waals surface area contributed by atoms with Gasteiger partial charge in [0.1, 0.15) is 0 Å². The number of hydrogen-bond acceptors (Lipinski definition) is 3. The van der Waals surface area contributed by atoms with Crippen LogP contribution < -0.4 is 15.4 Å². The van der Waals surface area contributed by atoms with Gasteiger partial charge in [-0.05, 0) is 82.3 Å². The number of nitrogens with one attached hydrogen (secondary N) is 2. The lowest BCUT2D eigenvalue weighted by Crippen LogP contribution is -2.43. The molecular formula is C21H34FIN4O. The van der Waals surface area contributed by atoms with Crippen LogP contribution in [0.25, 0.3) is 0 Å². The first-order valence-corrected chi connectivity index (χ1v) is 10.1. The van der Waals surface area contributed by atoms with Gasteiger partial charge in [0.2, 0.25) is 0 Å². The minimum absolute atomic E-state index is 0. The highest BCUT2D eigenvalue weighted by molar-refractivity contribution is 14.0. The largest absolute Gasteiger partial charge is 0.490 e. The lowest BCUT2D eigenvalue weighted by atomic mass is 9.97. The fourth-order valence-electron chi connectivity index (χ4n) is 3.39. The Morgan fingerprint density at radius 2 is 1.96 bits per heavy atom. The molecule has 1 aromatic carbocycles. The maximum absolute atomic E-state index is 14.3. The average molecular weight is 504 g/mol. The summed E-state index contributed by atoms with van der Waals surface area (Å²) in [6.45, 7) is 5.87. The van der Waals surface area contributed by atoms with Gasteiger partial charge in [-0.1, -0.05) is 6.07 Å². The molecule has 0 spiro atoms. The van der Waals surface area contributed by atoms with E-state index in [1.54, 1.807) is 19.2 Å². The molecule has 0 bridgehead atoms. The van der Waals surface area contributed by atoms with Crippen LogP contribution in [0, 0.1) is 17.7 Å². The summed E-state index contributed by atoms with van der Waals surface area (Å²) >= 11 is 0. The third kappa shape index (κ3) is 7.06. The topological polar surface area (TPSA) is 48.9 Å². The molecule has 0 amide bonds. The van der Waals surface area contributed by atoms with Gasteiger partial charge in [0.25, 0.3) is 0 Å². The van der Waals surface area contributed by atoms with Gasteiger partial charge in [0.05, 0.1) is 12.6 Å². The molecule has 1 unspecified atom stereocenters. The van der Waals surface area contributed by atoms with Crippen LogP contribution in [0.5, 0.6) is 5.75 Å². The lowest BCUT2D eigenvalue weighted by molar-refractivity contribution is 0.220. The Hall–Kier alpha value is -1.09. The van der Waals surface area contributed by atoms with E-state index >= 15 is 0 Å². The molecule has 5 nitrogen and oxygen atoms in total. The number of ether oxygens (including phenoxy) is 1. The lowest BCUT2D eigenvalue weighted by Gasteiger charge is -2.29. The van der Waals surface area contributed by atoms with Gasteiger partial charge in [-0.25, -0.2) is 4.39 Å². The van der Waals surface area contributed by atoms with E-state index in [0.717, 1.165) is 31.2 Å². The van der Waals surface area contributed by atoms with Crippen molar-refractivity contribution >= 4 is 29.9 Å². The summed E-state index contributed by atoms with van der Waals surface area (Å²) in [7, 11) is 3.94. The fourth-order valence-corrected chi connectivity index (χ4v) is 3.39. The predicted molar refractivity (Wildman–Crippen MR) is 123 cm³/mol. The first kappa shape index (κ1) is 23.2. The van der Waals surface area contributed by atoms with Crippen LogP contribution in [-0.2, 0) is 0 Å². The van der Waals surface area contributed by atoms with Crippen molar-refractivity contribution in [3.8, 4) is 5.75 Å². The third-order valence-electron chi connectivity index (χ3n) is 5.60. The number of guanidine groups is 1. The Morgan fingerprint density at radius 1 is 1.25 bits per heavy atom. The molecule has 0 aromatic heterocycles. The molecule has 0 radical (unpaired) electrons. The van der Waals surface area contributed by atoms with E-state index < -0.39 is 0 Å². The summed E-state index contributed by atoms with van der Waals surface area (Å²) in [5.41, 5.74) is 0.883. The molecule has 2 N–H and O–H groups in total. The van der Waals surface area contributed by atoms with Gasteiger partial charge in [0, 0.05) is 13.6 Å². The standard InChI is InChI=1S/C21H33FN4O.HI/c1-15(18-6-7-20(19(22)12-18)27-14-17-4-5-17)25-21(23-2)24-13-16-8-10-26(3)11-9-16;/h6-7,12,15-17H,4-5,8-11,13-14H2,1-3H3,(H2,23,24,25);1H. The zero-order valence-corrected chi connectivity index (χ0v) is 19.5. The van der Waals surface area contributed by atoms with Crippen molar-refractivity contribution in [2.45, 2.75) is 38.6 Å². The third-order valence-corrected chi connectivity index (χ3v) is 5.60. The summed E-state index contributed by atoms with van der Waals surface area (Å²) in [5, 5.41) is 6.78. The molecule has 2 aliphatic rings. The van der Waals surface area contributed by atoms with Crippen molar-refractivity contribution in [3.63, 3.8) is 0 Å². The van der Waals surface area contributed by atoms with Crippen LogP contribution in [0.15, 0.2) is 23.2 Å². The Labute approximate surface area is 185 Å². The van der Waals surface area contributed by atoms with Gasteiger partial charge < -0.3 is 20.3 Å². The molecule has 28 heavy (non-hydrogen) atoms. The zero-order valence-electron chi connectivity index (χ0n) is 17.2. The maximum Gasteiger partial charge on any atom is 0.191 e. The monoisotopic (exact) mass is 504 g/mol. The number of nitrogens with zero attached hydrogens (tertiary/aromatic N) is 2. The molecule has 3 rings (SSSR count). The molecule has 1 aliphatic heterocycles. The number of aliphatic imine (C=N–C) groups is 1. The van der Waals surface area contributed by atoms with Crippen LogP contribution in [0.4, 0.5) is 4.39 Å². The van der Waals surface area contributed by atoms with Crippen LogP contribution in [-0.4, -0.2) is 51.2 Å². The number of benzene rings is 1. The van der Waals surface area contributed by atoms with Gasteiger partial charge >= 0.3 is 0 Å². The van der Waals surface area contributed by atoms with Gasteiger partial charge in [0.15, 0.2) is 17.5 Å². The smallest absolute Gasteiger partial charge is 0.191 e. The van der Waals surface area contributed by atoms with Crippen molar-refractivity contribution in [3.05, 3.63) is 29.6 Å². The molecule has 7 heteroatoms. The molecule has 2 fully saturated rings. The van der Waals surface area contributed by atoms with E-state index in [-0.39, 0.29) is 35.8 Å². The molecule has 1 saturated carbocycles. The fraction of sp³-hybridized carbons (Fsp3) is 0.667. The minimum atomic E-state index is -0.295. The van der Waals surface area contributed by atoms with E-state index in [4.69, 9.17) is 4.74 Å². The number of halogens is 2. The molecule has 1 saturated heterocycles. The second-order valence-electron chi connectivity index (χ2n) is 8.01. The maximum atomic E-state index is 14.3. The molecule has 1 aromatic rings. The summed E-state index contributed by atoms with van der Waals surface area (Å²) in [5.74, 6) is 2.11. The summed E-state index contributed by atoms with van der Waals surface area (Å²) in [6.07, 6.45) is 4.82. The molecule has 1 aliphatic carbocycles. The first-order chi connectivity index (χ1) is 13.0. The molecular weight excluding hydrogens is 470 g/mol. The molecule has 1 atom stereocenters. The summed E-state index contributed by atoms with van der Waals surface area (Å²) < 4.78 is 19.9. The van der Waals surface area contributed by atoms with E-state index in [1.165, 1.54) is 25.7 Å². The Kier molecular flexibility index (Phi) is 9.27. The van der Waals surface area contributed by atoms with Crippen LogP contribution >= 0.6 is 24.0 Å². The highest BCUT2D eigenvalue weighted by Crippen LogP contribution is 2.30. The molecule has 158 valence electrons. The van der Waals surface area contributed by atoms with Crippen molar-refractivity contribution in [1.82, 2.24) is 15.5 Å². The zero-order chi connectivity index (χ0) is 19.2. The quantitative estimate of drug-likeness (QED) is 0.337. The normalized spacial score (nSPS) is 19.6. The SMILES string of the molecule is CN=C(NCC1CCN(C)CC1)NC(C)c1ccc(OCC2CC2)c(F)c1.I. The minimum Gasteiger partial charge on any atom is -0.490 e. The second kappa shape index (κ2) is 11.2. The number of hydrogen-bond donors (Lipinski definition) is 2. The van der Waals surface area contributed by atoms with Crippen molar-refractivity contribution in [2.75, 3.05) is 40.3 Å². The second-order valence-corrected chi connectivity index (χ2v) is 8.01. The van der Waals surface area contributed by atoms with E-state index in [9.17, 15) is 4.39 Å². The highest BCUT2D eigenvalue weighted by Gasteiger charge is 2.23. The number of rotatable bonds is 7. The summed E-state index contributed by atoms with van der Waals surface area (Å²) in [6, 6.07) is 5.18. The van der Waals surface area contributed by atoms with Gasteiger partial charge in [-0.15, -0.1) is 24.0 Å². The summed E-state index contributed by atoms with van der Waals surface area (Å²) in [4.78, 5) is 6.69. The Morgan fingerprint density at radius 3 is 2.57 bits per heavy atom. The van der Waals surface area contributed by atoms with Crippen molar-refractivity contribution in [2.24, 2.45) is 16.8 Å². The molecule has 1 heterocycles. The van der Waals surface area contributed by atoms with Gasteiger partial charge in [-0.3, -0.25) is 4.99 Å². The van der Waals surface area contributed by atoms with E-state index in [0.29, 0.717) is 24.2 Å².